The lowest BCUT2D eigenvalue weighted by molar-refractivity contribution is 0.145. The Bertz CT molecular complexity index is 378. The highest BCUT2D eigenvalue weighted by Crippen LogP contribution is 2.32. The van der Waals surface area contributed by atoms with Gasteiger partial charge in [0.25, 0.3) is 0 Å². The van der Waals surface area contributed by atoms with E-state index in [0.717, 1.165) is 31.7 Å². The van der Waals surface area contributed by atoms with Crippen LogP contribution in [-0.4, -0.2) is 48.4 Å². The molecule has 0 spiro atoms. The maximum absolute atomic E-state index is 9.50. The molecule has 1 aliphatic rings. The van der Waals surface area contributed by atoms with Crippen LogP contribution in [0.25, 0.3) is 0 Å². The minimum absolute atomic E-state index is 0.192. The van der Waals surface area contributed by atoms with E-state index in [4.69, 9.17) is 4.74 Å². The van der Waals surface area contributed by atoms with Gasteiger partial charge in [-0.3, -0.25) is 0 Å². The second-order valence-corrected chi connectivity index (χ2v) is 4.05. The standard InChI is InChI=1S/C11H18N4O2/c1-12-10-9(17-2)11(14-7-13-10)15-5-3-8(16)4-6-15/h7-8,16H,3-6H2,1-2H3,(H,12,13,14). The summed E-state index contributed by atoms with van der Waals surface area (Å²) in [5.41, 5.74) is 0. The van der Waals surface area contributed by atoms with E-state index in [1.165, 1.54) is 6.33 Å². The van der Waals surface area contributed by atoms with E-state index in [0.29, 0.717) is 11.6 Å². The summed E-state index contributed by atoms with van der Waals surface area (Å²) in [7, 11) is 3.41. The van der Waals surface area contributed by atoms with Gasteiger partial charge in [0, 0.05) is 20.1 Å². The molecule has 6 heteroatoms. The number of nitrogens with one attached hydrogen (secondary N) is 1. The van der Waals surface area contributed by atoms with Crippen molar-refractivity contribution in [2.24, 2.45) is 0 Å². The van der Waals surface area contributed by atoms with Gasteiger partial charge in [0.2, 0.25) is 5.75 Å². The number of hydrogen-bond acceptors (Lipinski definition) is 6. The molecule has 2 heterocycles. The minimum Gasteiger partial charge on any atom is -0.490 e. The number of methoxy groups -OCH3 is 1. The highest BCUT2D eigenvalue weighted by Gasteiger charge is 2.22. The first-order valence-corrected chi connectivity index (χ1v) is 5.76. The second-order valence-electron chi connectivity index (χ2n) is 4.05. The van der Waals surface area contributed by atoms with E-state index in [-0.39, 0.29) is 6.10 Å². The monoisotopic (exact) mass is 238 g/mol. The molecule has 2 rings (SSSR count). The molecule has 0 saturated carbocycles. The van der Waals surface area contributed by atoms with E-state index >= 15 is 0 Å². The molecule has 0 aliphatic carbocycles. The van der Waals surface area contributed by atoms with Crippen molar-refractivity contribution in [2.45, 2.75) is 18.9 Å². The van der Waals surface area contributed by atoms with Gasteiger partial charge in [-0.2, -0.15) is 0 Å². The van der Waals surface area contributed by atoms with Gasteiger partial charge in [0.05, 0.1) is 13.2 Å². The molecule has 17 heavy (non-hydrogen) atoms. The van der Waals surface area contributed by atoms with Gasteiger partial charge in [0.15, 0.2) is 11.6 Å². The van der Waals surface area contributed by atoms with Crippen molar-refractivity contribution in [1.29, 1.82) is 0 Å². The molecule has 94 valence electrons. The number of rotatable bonds is 3. The van der Waals surface area contributed by atoms with Gasteiger partial charge < -0.3 is 20.1 Å². The number of nitrogens with zero attached hydrogens (tertiary/aromatic N) is 3. The molecule has 1 saturated heterocycles. The fourth-order valence-corrected chi connectivity index (χ4v) is 2.03. The maximum Gasteiger partial charge on any atom is 0.204 e. The summed E-state index contributed by atoms with van der Waals surface area (Å²) in [6.45, 7) is 1.58. The van der Waals surface area contributed by atoms with Crippen molar-refractivity contribution in [3.8, 4) is 5.75 Å². The Kier molecular flexibility index (Phi) is 3.63. The Hall–Kier alpha value is -1.56. The van der Waals surface area contributed by atoms with Gasteiger partial charge in [-0.25, -0.2) is 9.97 Å². The van der Waals surface area contributed by atoms with Crippen LogP contribution < -0.4 is 15.0 Å². The van der Waals surface area contributed by atoms with Crippen LogP contribution in [0.4, 0.5) is 11.6 Å². The smallest absolute Gasteiger partial charge is 0.204 e. The lowest BCUT2D eigenvalue weighted by Crippen LogP contribution is -2.36. The maximum atomic E-state index is 9.50. The molecule has 1 aromatic heterocycles. The molecule has 6 nitrogen and oxygen atoms in total. The highest BCUT2D eigenvalue weighted by atomic mass is 16.5. The number of piperidine rings is 1. The molecular formula is C11H18N4O2. The van der Waals surface area contributed by atoms with Crippen molar-refractivity contribution in [1.82, 2.24) is 9.97 Å². The molecule has 1 aromatic rings. The topological polar surface area (TPSA) is 70.5 Å². The predicted molar refractivity (Wildman–Crippen MR) is 65.6 cm³/mol. The van der Waals surface area contributed by atoms with Crippen LogP contribution in [-0.2, 0) is 0 Å². The Morgan fingerprint density at radius 1 is 1.41 bits per heavy atom. The van der Waals surface area contributed by atoms with Crippen LogP contribution in [0.2, 0.25) is 0 Å². The van der Waals surface area contributed by atoms with Gasteiger partial charge in [0.1, 0.15) is 6.33 Å². The first kappa shape index (κ1) is 11.9. The Morgan fingerprint density at radius 3 is 2.71 bits per heavy atom. The summed E-state index contributed by atoms with van der Waals surface area (Å²) in [5.74, 6) is 2.13. The van der Waals surface area contributed by atoms with Gasteiger partial charge in [-0.05, 0) is 12.8 Å². The molecule has 0 bridgehead atoms. The van der Waals surface area contributed by atoms with E-state index in [2.05, 4.69) is 20.2 Å². The molecule has 0 radical (unpaired) electrons. The average molecular weight is 238 g/mol. The number of hydrogen-bond donors (Lipinski definition) is 2. The zero-order chi connectivity index (χ0) is 12.3. The third-order valence-corrected chi connectivity index (χ3v) is 2.99. The van der Waals surface area contributed by atoms with Crippen LogP contribution in [0.5, 0.6) is 5.75 Å². The number of anilines is 2. The highest BCUT2D eigenvalue weighted by molar-refractivity contribution is 5.64. The molecule has 0 atom stereocenters. The van der Waals surface area contributed by atoms with Crippen molar-refractivity contribution >= 4 is 11.6 Å². The number of ether oxygens (including phenoxy) is 1. The van der Waals surface area contributed by atoms with Gasteiger partial charge in [-0.15, -0.1) is 0 Å². The van der Waals surface area contributed by atoms with Crippen LogP contribution in [0, 0.1) is 0 Å². The van der Waals surface area contributed by atoms with Crippen LogP contribution >= 0.6 is 0 Å². The first-order chi connectivity index (χ1) is 8.26. The summed E-state index contributed by atoms with van der Waals surface area (Å²) in [6.07, 6.45) is 2.86. The van der Waals surface area contributed by atoms with Gasteiger partial charge in [-0.1, -0.05) is 0 Å². The van der Waals surface area contributed by atoms with Crippen molar-refractivity contribution in [3.63, 3.8) is 0 Å². The summed E-state index contributed by atoms with van der Waals surface area (Å²) >= 11 is 0. The van der Waals surface area contributed by atoms with Crippen molar-refractivity contribution in [3.05, 3.63) is 6.33 Å². The third-order valence-electron chi connectivity index (χ3n) is 2.99. The van der Waals surface area contributed by atoms with E-state index in [9.17, 15) is 5.11 Å². The third kappa shape index (κ3) is 2.41. The second kappa shape index (κ2) is 5.18. The number of aromatic nitrogens is 2. The summed E-state index contributed by atoms with van der Waals surface area (Å²) in [4.78, 5) is 10.5. The molecular weight excluding hydrogens is 220 g/mol. The molecule has 1 fully saturated rings. The summed E-state index contributed by atoms with van der Waals surface area (Å²) in [5, 5.41) is 12.5. The number of aliphatic hydroxyl groups is 1. The molecule has 1 aliphatic heterocycles. The fourth-order valence-electron chi connectivity index (χ4n) is 2.03. The predicted octanol–water partition coefficient (Wildman–Crippen LogP) is 0.488. The van der Waals surface area contributed by atoms with Gasteiger partial charge >= 0.3 is 0 Å². The van der Waals surface area contributed by atoms with Crippen LogP contribution in [0.3, 0.4) is 0 Å². The van der Waals surface area contributed by atoms with Crippen molar-refractivity contribution < 1.29 is 9.84 Å². The van der Waals surface area contributed by atoms with E-state index in [1.54, 1.807) is 14.2 Å². The summed E-state index contributed by atoms with van der Waals surface area (Å²) < 4.78 is 5.36. The zero-order valence-electron chi connectivity index (χ0n) is 10.2. The SMILES string of the molecule is CNc1ncnc(N2CCC(O)CC2)c1OC. The number of aliphatic hydroxyl groups excluding tert-OH is 1. The van der Waals surface area contributed by atoms with Crippen LogP contribution in [0.1, 0.15) is 12.8 Å². The largest absolute Gasteiger partial charge is 0.490 e. The molecule has 0 aromatic carbocycles. The van der Waals surface area contributed by atoms with E-state index in [1.807, 2.05) is 0 Å². The lowest BCUT2D eigenvalue weighted by atomic mass is 10.1. The average Bonchev–Trinajstić information content (AvgIpc) is 2.38. The normalized spacial score (nSPS) is 17.0. The van der Waals surface area contributed by atoms with E-state index < -0.39 is 0 Å². The Morgan fingerprint density at radius 2 is 2.12 bits per heavy atom. The Balaban J connectivity index is 2.25. The van der Waals surface area contributed by atoms with Crippen LogP contribution in [0.15, 0.2) is 6.33 Å². The summed E-state index contributed by atoms with van der Waals surface area (Å²) in [6, 6.07) is 0. The zero-order valence-corrected chi connectivity index (χ0v) is 10.2. The Labute approximate surface area is 101 Å². The minimum atomic E-state index is -0.192. The first-order valence-electron chi connectivity index (χ1n) is 5.76. The quantitative estimate of drug-likeness (QED) is 0.798. The molecule has 0 unspecified atom stereocenters. The lowest BCUT2D eigenvalue weighted by Gasteiger charge is -2.31. The molecule has 2 N–H and O–H groups in total. The fraction of sp³-hybridized carbons (Fsp3) is 0.636. The molecule has 0 amide bonds. The van der Waals surface area contributed by atoms with Crippen molar-refractivity contribution in [2.75, 3.05) is 37.5 Å².